The molecule has 0 fully saturated rings. The van der Waals surface area contributed by atoms with Crippen LogP contribution in [0.4, 0.5) is 11.4 Å². The zero-order chi connectivity index (χ0) is 19.3. The third-order valence-electron chi connectivity index (χ3n) is 4.18. The molecule has 2 aromatic carbocycles. The quantitative estimate of drug-likeness (QED) is 0.817. The molecular formula is C20H23ClN2O3. The zero-order valence-electron chi connectivity index (χ0n) is 15.4. The van der Waals surface area contributed by atoms with Gasteiger partial charge in [-0.05, 0) is 55.3 Å². The normalized spacial score (nSPS) is 10.3. The van der Waals surface area contributed by atoms with E-state index >= 15 is 0 Å². The Kier molecular flexibility index (Phi) is 6.64. The van der Waals surface area contributed by atoms with Gasteiger partial charge in [-0.15, -0.1) is 0 Å². The maximum absolute atomic E-state index is 12.3. The predicted molar refractivity (Wildman–Crippen MR) is 105 cm³/mol. The molecule has 0 aliphatic heterocycles. The zero-order valence-corrected chi connectivity index (χ0v) is 16.2. The SMILES string of the molecule is COc1ccc(Cl)cc1NC(=O)CCN(C(C)=O)c1ccc(C)c(C)c1. The number of nitrogens with zero attached hydrogens (tertiary/aromatic N) is 1. The number of rotatable bonds is 6. The lowest BCUT2D eigenvalue weighted by Crippen LogP contribution is -2.32. The van der Waals surface area contributed by atoms with Crippen LogP contribution in [-0.4, -0.2) is 25.5 Å². The first-order valence-corrected chi connectivity index (χ1v) is 8.68. The van der Waals surface area contributed by atoms with E-state index in [1.165, 1.54) is 14.0 Å². The van der Waals surface area contributed by atoms with Crippen LogP contribution in [-0.2, 0) is 9.59 Å². The average Bonchev–Trinajstić information content (AvgIpc) is 2.58. The largest absolute Gasteiger partial charge is 0.495 e. The molecule has 0 aliphatic carbocycles. The number of hydrogen-bond donors (Lipinski definition) is 1. The molecule has 0 saturated heterocycles. The summed E-state index contributed by atoms with van der Waals surface area (Å²) < 4.78 is 5.22. The molecule has 2 rings (SSSR count). The molecule has 0 saturated carbocycles. The van der Waals surface area contributed by atoms with Gasteiger partial charge < -0.3 is 15.0 Å². The first kappa shape index (κ1) is 19.8. The molecule has 2 aromatic rings. The Morgan fingerprint density at radius 1 is 1.12 bits per heavy atom. The molecule has 0 aromatic heterocycles. The number of anilines is 2. The van der Waals surface area contributed by atoms with Crippen molar-refractivity contribution in [2.24, 2.45) is 0 Å². The van der Waals surface area contributed by atoms with Gasteiger partial charge in [-0.25, -0.2) is 0 Å². The van der Waals surface area contributed by atoms with Crippen molar-refractivity contribution in [3.63, 3.8) is 0 Å². The minimum atomic E-state index is -0.222. The summed E-state index contributed by atoms with van der Waals surface area (Å²) in [5.74, 6) is 0.197. The van der Waals surface area contributed by atoms with E-state index in [4.69, 9.17) is 16.3 Å². The van der Waals surface area contributed by atoms with E-state index in [0.29, 0.717) is 16.5 Å². The summed E-state index contributed by atoms with van der Waals surface area (Å²) in [6, 6.07) is 10.8. The number of nitrogens with one attached hydrogen (secondary N) is 1. The summed E-state index contributed by atoms with van der Waals surface area (Å²) in [7, 11) is 1.52. The molecule has 5 nitrogen and oxygen atoms in total. The first-order valence-electron chi connectivity index (χ1n) is 8.30. The standard InChI is InChI=1S/C20H23ClN2O3/c1-13-5-7-17(11-14(13)2)23(15(3)24)10-9-20(25)22-18-12-16(21)6-8-19(18)26-4/h5-8,11-12H,9-10H2,1-4H3,(H,22,25). The van der Waals surface area contributed by atoms with Crippen molar-refractivity contribution in [2.45, 2.75) is 27.2 Å². The van der Waals surface area contributed by atoms with Gasteiger partial charge in [0, 0.05) is 30.6 Å². The van der Waals surface area contributed by atoms with Gasteiger partial charge in [0.05, 0.1) is 12.8 Å². The Bertz CT molecular complexity index is 821. The van der Waals surface area contributed by atoms with Crippen molar-refractivity contribution in [2.75, 3.05) is 23.9 Å². The topological polar surface area (TPSA) is 58.6 Å². The van der Waals surface area contributed by atoms with Gasteiger partial charge in [-0.3, -0.25) is 9.59 Å². The van der Waals surface area contributed by atoms with E-state index in [-0.39, 0.29) is 24.8 Å². The highest BCUT2D eigenvalue weighted by Crippen LogP contribution is 2.28. The van der Waals surface area contributed by atoms with Crippen LogP contribution in [0.3, 0.4) is 0 Å². The molecule has 0 radical (unpaired) electrons. The molecule has 0 bridgehead atoms. The number of carbonyl (C=O) groups is 2. The second kappa shape index (κ2) is 8.72. The van der Waals surface area contributed by atoms with E-state index in [1.807, 2.05) is 32.0 Å². The highest BCUT2D eigenvalue weighted by atomic mass is 35.5. The Hall–Kier alpha value is -2.53. The van der Waals surface area contributed by atoms with Gasteiger partial charge in [-0.2, -0.15) is 0 Å². The second-order valence-electron chi connectivity index (χ2n) is 6.08. The van der Waals surface area contributed by atoms with Crippen molar-refractivity contribution in [3.8, 4) is 5.75 Å². The molecule has 0 atom stereocenters. The third-order valence-corrected chi connectivity index (χ3v) is 4.42. The van der Waals surface area contributed by atoms with Gasteiger partial charge in [0.2, 0.25) is 11.8 Å². The van der Waals surface area contributed by atoms with Crippen molar-refractivity contribution in [1.82, 2.24) is 0 Å². The highest BCUT2D eigenvalue weighted by molar-refractivity contribution is 6.31. The van der Waals surface area contributed by atoms with Crippen molar-refractivity contribution in [3.05, 3.63) is 52.5 Å². The molecule has 2 amide bonds. The summed E-state index contributed by atoms with van der Waals surface area (Å²) in [5.41, 5.74) is 3.55. The van der Waals surface area contributed by atoms with E-state index in [2.05, 4.69) is 5.32 Å². The summed E-state index contributed by atoms with van der Waals surface area (Å²) in [5, 5.41) is 3.28. The highest BCUT2D eigenvalue weighted by Gasteiger charge is 2.15. The number of ether oxygens (including phenoxy) is 1. The summed E-state index contributed by atoms with van der Waals surface area (Å²) in [4.78, 5) is 25.9. The van der Waals surface area contributed by atoms with Crippen molar-refractivity contribution < 1.29 is 14.3 Å². The molecule has 26 heavy (non-hydrogen) atoms. The Labute approximate surface area is 158 Å². The molecule has 0 aliphatic rings. The molecule has 0 heterocycles. The molecule has 138 valence electrons. The fraction of sp³-hybridized carbons (Fsp3) is 0.300. The summed E-state index contributed by atoms with van der Waals surface area (Å²) in [6.45, 7) is 5.79. The second-order valence-corrected chi connectivity index (χ2v) is 6.52. The third kappa shape index (κ3) is 4.99. The van der Waals surface area contributed by atoms with Crippen LogP contribution in [0.25, 0.3) is 0 Å². The smallest absolute Gasteiger partial charge is 0.226 e. The Morgan fingerprint density at radius 2 is 1.85 bits per heavy atom. The van der Waals surface area contributed by atoms with Crippen LogP contribution < -0.4 is 15.0 Å². The van der Waals surface area contributed by atoms with Gasteiger partial charge in [0.15, 0.2) is 0 Å². The number of benzene rings is 2. The lowest BCUT2D eigenvalue weighted by molar-refractivity contribution is -0.117. The number of halogens is 1. The lowest BCUT2D eigenvalue weighted by atomic mass is 10.1. The van der Waals surface area contributed by atoms with Gasteiger partial charge >= 0.3 is 0 Å². The number of aryl methyl sites for hydroxylation is 2. The van der Waals surface area contributed by atoms with Crippen LogP contribution in [0.1, 0.15) is 24.5 Å². The number of hydrogen-bond acceptors (Lipinski definition) is 3. The molecular weight excluding hydrogens is 352 g/mol. The maximum atomic E-state index is 12.3. The predicted octanol–water partition coefficient (Wildman–Crippen LogP) is 4.35. The number of amides is 2. The van der Waals surface area contributed by atoms with Crippen molar-refractivity contribution in [1.29, 1.82) is 0 Å². The average molecular weight is 375 g/mol. The van der Waals surface area contributed by atoms with Crippen molar-refractivity contribution >= 4 is 34.8 Å². The molecule has 6 heteroatoms. The Balaban J connectivity index is 2.07. The number of methoxy groups -OCH3 is 1. The molecule has 1 N–H and O–H groups in total. The maximum Gasteiger partial charge on any atom is 0.226 e. The lowest BCUT2D eigenvalue weighted by Gasteiger charge is -2.22. The van der Waals surface area contributed by atoms with Crippen LogP contribution in [0.5, 0.6) is 5.75 Å². The van der Waals surface area contributed by atoms with E-state index in [9.17, 15) is 9.59 Å². The van der Waals surface area contributed by atoms with E-state index in [1.54, 1.807) is 23.1 Å². The molecule has 0 unspecified atom stereocenters. The van der Waals surface area contributed by atoms with E-state index in [0.717, 1.165) is 16.8 Å². The monoisotopic (exact) mass is 374 g/mol. The van der Waals surface area contributed by atoms with Crippen LogP contribution >= 0.6 is 11.6 Å². The number of carbonyl (C=O) groups excluding carboxylic acids is 2. The van der Waals surface area contributed by atoms with Gasteiger partial charge in [-0.1, -0.05) is 17.7 Å². The van der Waals surface area contributed by atoms with Crippen LogP contribution in [0.2, 0.25) is 5.02 Å². The van der Waals surface area contributed by atoms with Gasteiger partial charge in [0.25, 0.3) is 0 Å². The van der Waals surface area contributed by atoms with Gasteiger partial charge in [0.1, 0.15) is 5.75 Å². The fourth-order valence-corrected chi connectivity index (χ4v) is 2.74. The summed E-state index contributed by atoms with van der Waals surface area (Å²) >= 11 is 5.97. The Morgan fingerprint density at radius 3 is 2.46 bits per heavy atom. The summed E-state index contributed by atoms with van der Waals surface area (Å²) in [6.07, 6.45) is 0.155. The molecule has 0 spiro atoms. The minimum Gasteiger partial charge on any atom is -0.495 e. The van der Waals surface area contributed by atoms with Crippen LogP contribution in [0.15, 0.2) is 36.4 Å². The fourth-order valence-electron chi connectivity index (χ4n) is 2.57. The first-order chi connectivity index (χ1) is 12.3. The minimum absolute atomic E-state index is 0.110. The van der Waals surface area contributed by atoms with E-state index < -0.39 is 0 Å². The van der Waals surface area contributed by atoms with Crippen LogP contribution in [0, 0.1) is 13.8 Å².